The third-order valence-corrected chi connectivity index (χ3v) is 3.89. The number of ether oxygens (including phenoxy) is 2. The van der Waals surface area contributed by atoms with Gasteiger partial charge in [0.15, 0.2) is 11.5 Å². The zero-order valence-electron chi connectivity index (χ0n) is 16.6. The summed E-state index contributed by atoms with van der Waals surface area (Å²) in [6.07, 6.45) is 4.90. The van der Waals surface area contributed by atoms with Crippen molar-refractivity contribution in [3.05, 3.63) is 71.1 Å². The van der Waals surface area contributed by atoms with Crippen LogP contribution in [0.5, 0.6) is 11.5 Å². The fraction of sp³-hybridized carbons (Fsp3) is 0.174. The van der Waals surface area contributed by atoms with Crippen molar-refractivity contribution < 1.29 is 23.5 Å². The molecule has 0 heterocycles. The van der Waals surface area contributed by atoms with Crippen LogP contribution in [0.25, 0.3) is 12.2 Å². The van der Waals surface area contributed by atoms with Gasteiger partial charge in [0.2, 0.25) is 0 Å². The summed E-state index contributed by atoms with van der Waals surface area (Å²) in [7, 11) is 1.41. The van der Waals surface area contributed by atoms with Gasteiger partial charge in [-0.3, -0.25) is 4.79 Å². The summed E-state index contributed by atoms with van der Waals surface area (Å²) in [6, 6.07) is 12.2. The second kappa shape index (κ2) is 11.2. The van der Waals surface area contributed by atoms with Gasteiger partial charge in [0, 0.05) is 12.6 Å². The molecule has 2 rings (SSSR count). The lowest BCUT2D eigenvalue weighted by molar-refractivity contribution is -0.129. The highest BCUT2D eigenvalue weighted by atomic mass is 19.1. The van der Waals surface area contributed by atoms with Gasteiger partial charge < -0.3 is 14.8 Å². The third-order valence-electron chi connectivity index (χ3n) is 3.89. The number of esters is 1. The molecular weight excluding hydrogens is 387 g/mol. The smallest absolute Gasteiger partial charge is 0.336 e. The van der Waals surface area contributed by atoms with Crippen LogP contribution in [0.2, 0.25) is 0 Å². The van der Waals surface area contributed by atoms with Crippen LogP contribution < -0.4 is 14.8 Å². The molecule has 6 nitrogen and oxygen atoms in total. The van der Waals surface area contributed by atoms with E-state index in [1.807, 2.05) is 13.0 Å². The molecule has 0 aliphatic rings. The molecule has 7 heteroatoms. The van der Waals surface area contributed by atoms with Crippen molar-refractivity contribution in [2.75, 3.05) is 13.7 Å². The fourth-order valence-electron chi connectivity index (χ4n) is 2.39. The molecule has 154 valence electrons. The van der Waals surface area contributed by atoms with Gasteiger partial charge in [-0.2, -0.15) is 5.26 Å². The maximum atomic E-state index is 12.9. The minimum Gasteiger partial charge on any atom is -0.493 e. The number of carbonyl (C=O) groups is 2. The number of carbonyl (C=O) groups excluding carboxylic acids is 2. The summed E-state index contributed by atoms with van der Waals surface area (Å²) in [5.74, 6) is -1.02. The van der Waals surface area contributed by atoms with Gasteiger partial charge in [-0.15, -0.1) is 0 Å². The minimum atomic E-state index is -0.641. The number of hydrogen-bond acceptors (Lipinski definition) is 5. The minimum absolute atomic E-state index is 0.0440. The van der Waals surface area contributed by atoms with Crippen LogP contribution in [-0.2, 0) is 9.59 Å². The van der Waals surface area contributed by atoms with E-state index in [-0.39, 0.29) is 22.9 Å². The Morgan fingerprint density at radius 3 is 2.47 bits per heavy atom. The Morgan fingerprint density at radius 1 is 1.13 bits per heavy atom. The molecule has 0 saturated heterocycles. The lowest BCUT2D eigenvalue weighted by atomic mass is 10.1. The standard InChI is InChI=1S/C23H21FN2O4/c1-3-12-26-23(28)18(15-25)13-17-6-10-20(21(14-17)29-2)30-22(27)11-7-16-4-8-19(24)9-5-16/h4-11,13-14H,3,12H2,1-2H3,(H,26,28)/b11-7+,18-13+. The van der Waals surface area contributed by atoms with E-state index in [4.69, 9.17) is 9.47 Å². The van der Waals surface area contributed by atoms with Crippen LogP contribution in [0.3, 0.4) is 0 Å². The Labute approximate surface area is 174 Å². The summed E-state index contributed by atoms with van der Waals surface area (Å²) in [5.41, 5.74) is 1.14. The Hall–Kier alpha value is -3.92. The van der Waals surface area contributed by atoms with E-state index >= 15 is 0 Å². The molecule has 0 atom stereocenters. The largest absolute Gasteiger partial charge is 0.493 e. The number of nitriles is 1. The Kier molecular flexibility index (Phi) is 8.33. The highest BCUT2D eigenvalue weighted by molar-refractivity contribution is 6.01. The summed E-state index contributed by atoms with van der Waals surface area (Å²) in [6.45, 7) is 2.39. The Morgan fingerprint density at radius 2 is 1.83 bits per heavy atom. The van der Waals surface area contributed by atoms with Gasteiger partial charge >= 0.3 is 5.97 Å². The normalized spacial score (nSPS) is 11.1. The maximum absolute atomic E-state index is 12.9. The molecule has 0 spiro atoms. The van der Waals surface area contributed by atoms with Gasteiger partial charge in [-0.25, -0.2) is 9.18 Å². The molecule has 0 radical (unpaired) electrons. The van der Waals surface area contributed by atoms with E-state index in [0.717, 1.165) is 6.42 Å². The van der Waals surface area contributed by atoms with E-state index in [1.165, 1.54) is 55.7 Å². The van der Waals surface area contributed by atoms with E-state index in [9.17, 15) is 19.2 Å². The van der Waals surface area contributed by atoms with Gasteiger partial charge in [0.25, 0.3) is 5.91 Å². The molecule has 2 aromatic rings. The topological polar surface area (TPSA) is 88.4 Å². The number of benzene rings is 2. The number of hydrogen-bond donors (Lipinski definition) is 1. The SMILES string of the molecule is CCCNC(=O)/C(C#N)=C/c1ccc(OC(=O)/C=C/c2ccc(F)cc2)c(OC)c1. The number of halogens is 1. The monoisotopic (exact) mass is 408 g/mol. The molecule has 0 aromatic heterocycles. The van der Waals surface area contributed by atoms with Gasteiger partial charge in [-0.05, 0) is 54.0 Å². The molecule has 30 heavy (non-hydrogen) atoms. The molecular formula is C23H21FN2O4. The number of nitrogens with one attached hydrogen (secondary N) is 1. The van der Waals surface area contributed by atoms with Crippen molar-refractivity contribution in [3.8, 4) is 17.6 Å². The average Bonchev–Trinajstić information content (AvgIpc) is 2.76. The zero-order valence-corrected chi connectivity index (χ0v) is 16.6. The van der Waals surface area contributed by atoms with Crippen LogP contribution in [0, 0.1) is 17.1 Å². The second-order valence-electron chi connectivity index (χ2n) is 6.14. The molecule has 1 amide bonds. The van der Waals surface area contributed by atoms with Gasteiger partial charge in [0.05, 0.1) is 7.11 Å². The van der Waals surface area contributed by atoms with Crippen LogP contribution in [0.4, 0.5) is 4.39 Å². The van der Waals surface area contributed by atoms with E-state index in [1.54, 1.807) is 12.1 Å². The molecule has 0 unspecified atom stereocenters. The quantitative estimate of drug-likeness (QED) is 0.310. The second-order valence-corrected chi connectivity index (χ2v) is 6.14. The Bertz CT molecular complexity index is 1000. The summed E-state index contributed by atoms with van der Waals surface area (Å²) < 4.78 is 23.4. The van der Waals surface area contributed by atoms with Crippen LogP contribution in [0.1, 0.15) is 24.5 Å². The summed E-state index contributed by atoms with van der Waals surface area (Å²) in [5, 5.41) is 11.9. The number of methoxy groups -OCH3 is 1. The highest BCUT2D eigenvalue weighted by Gasteiger charge is 2.11. The molecule has 0 saturated carbocycles. The molecule has 0 bridgehead atoms. The first-order chi connectivity index (χ1) is 14.5. The Balaban J connectivity index is 2.14. The predicted molar refractivity (Wildman–Crippen MR) is 111 cm³/mol. The van der Waals surface area contributed by atoms with Crippen molar-refractivity contribution in [2.24, 2.45) is 0 Å². The first-order valence-electron chi connectivity index (χ1n) is 9.20. The lowest BCUT2D eigenvalue weighted by Crippen LogP contribution is -2.25. The first kappa shape index (κ1) is 22.4. The highest BCUT2D eigenvalue weighted by Crippen LogP contribution is 2.29. The number of rotatable bonds is 8. The van der Waals surface area contributed by atoms with Crippen LogP contribution in [-0.4, -0.2) is 25.5 Å². The molecule has 0 aliphatic carbocycles. The van der Waals surface area contributed by atoms with Crippen molar-refractivity contribution in [1.29, 1.82) is 5.26 Å². The van der Waals surface area contributed by atoms with Crippen LogP contribution >= 0.6 is 0 Å². The average molecular weight is 408 g/mol. The van der Waals surface area contributed by atoms with Gasteiger partial charge in [0.1, 0.15) is 17.5 Å². The molecule has 0 aliphatic heterocycles. The van der Waals surface area contributed by atoms with Crippen molar-refractivity contribution in [2.45, 2.75) is 13.3 Å². The maximum Gasteiger partial charge on any atom is 0.336 e. The molecule has 1 N–H and O–H groups in total. The van der Waals surface area contributed by atoms with E-state index in [2.05, 4.69) is 5.32 Å². The number of nitrogens with zero attached hydrogens (tertiary/aromatic N) is 1. The lowest BCUT2D eigenvalue weighted by Gasteiger charge is -2.09. The van der Waals surface area contributed by atoms with Gasteiger partial charge in [-0.1, -0.05) is 25.1 Å². The van der Waals surface area contributed by atoms with Crippen LogP contribution in [0.15, 0.2) is 54.1 Å². The molecule has 0 fully saturated rings. The summed E-state index contributed by atoms with van der Waals surface area (Å²) >= 11 is 0. The van der Waals surface area contributed by atoms with E-state index < -0.39 is 11.9 Å². The van der Waals surface area contributed by atoms with Crippen molar-refractivity contribution >= 4 is 24.0 Å². The first-order valence-corrected chi connectivity index (χ1v) is 9.20. The summed E-state index contributed by atoms with van der Waals surface area (Å²) in [4.78, 5) is 24.1. The number of amides is 1. The third kappa shape index (κ3) is 6.60. The molecule has 2 aromatic carbocycles. The predicted octanol–water partition coefficient (Wildman–Crippen LogP) is 3.89. The van der Waals surface area contributed by atoms with E-state index in [0.29, 0.717) is 17.7 Å². The van der Waals surface area contributed by atoms with Crippen molar-refractivity contribution in [1.82, 2.24) is 5.32 Å². The fourth-order valence-corrected chi connectivity index (χ4v) is 2.39. The zero-order chi connectivity index (χ0) is 21.9. The van der Waals surface area contributed by atoms with Crippen molar-refractivity contribution in [3.63, 3.8) is 0 Å².